The Hall–Kier alpha value is -2.76. The Balaban J connectivity index is 2.15. The summed E-state index contributed by atoms with van der Waals surface area (Å²) in [6.07, 6.45) is 0.972. The molecule has 0 spiro atoms. The molecule has 0 radical (unpaired) electrons. The van der Waals surface area contributed by atoms with Crippen molar-refractivity contribution in [2.45, 2.75) is 25.7 Å². The Morgan fingerprint density at radius 3 is 1.32 bits per heavy atom. The fraction of sp³-hybridized carbons (Fsp3) is 0.263. The summed E-state index contributed by atoms with van der Waals surface area (Å²) in [5.41, 5.74) is 11.0. The average molecular weight is 346 g/mol. The minimum atomic E-state index is -1.51. The Kier molecular flexibility index (Phi) is 5.85. The topological polar surface area (TPSA) is 86.2 Å². The van der Waals surface area contributed by atoms with Gasteiger partial charge in [-0.15, -0.1) is 0 Å². The number of nitrogens with two attached hydrogens (primary N) is 2. The van der Waals surface area contributed by atoms with Gasteiger partial charge >= 0.3 is 0 Å². The van der Waals surface area contributed by atoms with Crippen LogP contribution in [0.5, 0.6) is 0 Å². The molecule has 2 aromatic rings. The second-order valence-corrected chi connectivity index (χ2v) is 6.06. The average Bonchev–Trinajstić information content (AvgIpc) is 2.57. The quantitative estimate of drug-likeness (QED) is 0.720. The molecule has 0 aliphatic carbocycles. The van der Waals surface area contributed by atoms with E-state index in [0.29, 0.717) is 12.8 Å². The van der Waals surface area contributed by atoms with E-state index in [-0.39, 0.29) is 24.5 Å². The minimum Gasteiger partial charge on any atom is -0.369 e. The molecule has 0 aromatic heterocycles. The van der Waals surface area contributed by atoms with E-state index < -0.39 is 17.2 Å². The summed E-state index contributed by atoms with van der Waals surface area (Å²) in [5, 5.41) is 0. The zero-order valence-electron chi connectivity index (χ0n) is 13.7. The molecule has 0 saturated carbocycles. The molecule has 25 heavy (non-hydrogen) atoms. The molecule has 0 saturated heterocycles. The number of primary amides is 2. The summed E-state index contributed by atoms with van der Waals surface area (Å²) in [4.78, 5) is 24.0. The van der Waals surface area contributed by atoms with E-state index in [1.807, 2.05) is 0 Å². The normalized spacial score (nSPS) is 11.3. The van der Waals surface area contributed by atoms with Crippen molar-refractivity contribution in [2.75, 3.05) is 0 Å². The van der Waals surface area contributed by atoms with Crippen molar-refractivity contribution in [1.29, 1.82) is 0 Å². The molecule has 0 aliphatic heterocycles. The van der Waals surface area contributed by atoms with Crippen LogP contribution in [0, 0.1) is 17.0 Å². The third-order valence-electron chi connectivity index (χ3n) is 4.45. The molecule has 2 amide bonds. The number of carbonyl (C=O) groups is 2. The van der Waals surface area contributed by atoms with Crippen LogP contribution < -0.4 is 11.5 Å². The van der Waals surface area contributed by atoms with E-state index in [1.54, 1.807) is 24.3 Å². The molecule has 0 bridgehead atoms. The molecule has 2 aromatic carbocycles. The van der Waals surface area contributed by atoms with Gasteiger partial charge in [-0.3, -0.25) is 9.59 Å². The number of aryl methyl sites for hydroxylation is 2. The van der Waals surface area contributed by atoms with Crippen molar-refractivity contribution in [2.24, 2.45) is 16.9 Å². The van der Waals surface area contributed by atoms with E-state index in [0.717, 1.165) is 11.1 Å². The summed E-state index contributed by atoms with van der Waals surface area (Å²) < 4.78 is 26.0. The lowest BCUT2D eigenvalue weighted by atomic mass is 9.76. The van der Waals surface area contributed by atoms with Crippen molar-refractivity contribution in [3.05, 3.63) is 71.3 Å². The lowest BCUT2D eigenvalue weighted by Crippen LogP contribution is -2.48. The van der Waals surface area contributed by atoms with Gasteiger partial charge in [0.2, 0.25) is 11.8 Å². The van der Waals surface area contributed by atoms with Crippen molar-refractivity contribution in [1.82, 2.24) is 0 Å². The number of hydrogen-bond donors (Lipinski definition) is 2. The van der Waals surface area contributed by atoms with Gasteiger partial charge in [0.25, 0.3) is 0 Å². The van der Waals surface area contributed by atoms with Crippen LogP contribution in [0.15, 0.2) is 48.5 Å². The van der Waals surface area contributed by atoms with E-state index in [4.69, 9.17) is 11.5 Å². The Morgan fingerprint density at radius 1 is 0.720 bits per heavy atom. The fourth-order valence-electron chi connectivity index (χ4n) is 2.76. The monoisotopic (exact) mass is 346 g/mol. The van der Waals surface area contributed by atoms with Crippen LogP contribution in [-0.2, 0) is 22.4 Å². The number of amides is 2. The van der Waals surface area contributed by atoms with Crippen LogP contribution in [0.3, 0.4) is 0 Å². The summed E-state index contributed by atoms with van der Waals surface area (Å²) in [6.45, 7) is 0. The maximum Gasteiger partial charge on any atom is 0.233 e. The SMILES string of the molecule is NC(=O)C(CCc1ccc(F)cc1)(CCc1ccc(F)cc1)C(N)=O. The molecule has 0 fully saturated rings. The highest BCUT2D eigenvalue weighted by Crippen LogP contribution is 2.30. The van der Waals surface area contributed by atoms with Gasteiger partial charge in [-0.25, -0.2) is 8.78 Å². The zero-order valence-corrected chi connectivity index (χ0v) is 13.7. The molecule has 4 nitrogen and oxygen atoms in total. The van der Waals surface area contributed by atoms with Gasteiger partial charge in [0, 0.05) is 0 Å². The number of halogens is 2. The van der Waals surface area contributed by atoms with Crippen molar-refractivity contribution < 1.29 is 18.4 Å². The van der Waals surface area contributed by atoms with Crippen LogP contribution in [0.1, 0.15) is 24.0 Å². The minimum absolute atomic E-state index is 0.129. The number of carbonyl (C=O) groups excluding carboxylic acids is 2. The highest BCUT2D eigenvalue weighted by atomic mass is 19.1. The zero-order chi connectivity index (χ0) is 18.4. The van der Waals surface area contributed by atoms with E-state index in [2.05, 4.69) is 0 Å². The third kappa shape index (κ3) is 4.62. The van der Waals surface area contributed by atoms with Crippen LogP contribution in [0.25, 0.3) is 0 Å². The van der Waals surface area contributed by atoms with Crippen molar-refractivity contribution in [3.8, 4) is 0 Å². The number of rotatable bonds is 8. The molecule has 132 valence electrons. The predicted molar refractivity (Wildman–Crippen MR) is 90.3 cm³/mol. The third-order valence-corrected chi connectivity index (χ3v) is 4.45. The first-order valence-corrected chi connectivity index (χ1v) is 7.92. The van der Waals surface area contributed by atoms with Crippen LogP contribution >= 0.6 is 0 Å². The number of benzene rings is 2. The lowest BCUT2D eigenvalue weighted by molar-refractivity contribution is -0.140. The Bertz CT molecular complexity index is 678. The molecule has 2 rings (SSSR count). The molecule has 0 heterocycles. The highest BCUT2D eigenvalue weighted by Gasteiger charge is 2.41. The first kappa shape index (κ1) is 18.6. The molecular weight excluding hydrogens is 326 g/mol. The Morgan fingerprint density at radius 2 is 1.04 bits per heavy atom. The van der Waals surface area contributed by atoms with Gasteiger partial charge in [-0.05, 0) is 61.1 Å². The van der Waals surface area contributed by atoms with Gasteiger partial charge in [-0.1, -0.05) is 24.3 Å². The largest absolute Gasteiger partial charge is 0.369 e. The molecule has 0 unspecified atom stereocenters. The maximum atomic E-state index is 13.0. The van der Waals surface area contributed by atoms with Gasteiger partial charge in [0.1, 0.15) is 17.0 Å². The molecular formula is C19H20F2N2O2. The second kappa shape index (κ2) is 7.88. The van der Waals surface area contributed by atoms with Gasteiger partial charge in [0.15, 0.2) is 0 Å². The summed E-state index contributed by atoms with van der Waals surface area (Å²) in [6, 6.07) is 11.6. The first-order chi connectivity index (χ1) is 11.8. The van der Waals surface area contributed by atoms with Gasteiger partial charge < -0.3 is 11.5 Å². The molecule has 4 N–H and O–H groups in total. The standard InChI is InChI=1S/C19H20F2N2O2/c20-15-5-1-13(2-6-15)9-11-19(17(22)24,18(23)25)12-10-14-3-7-16(21)8-4-14/h1-8H,9-12H2,(H2,22,24)(H2,23,25). The van der Waals surface area contributed by atoms with Crippen LogP contribution in [0.4, 0.5) is 8.78 Å². The predicted octanol–water partition coefficient (Wildman–Crippen LogP) is 2.49. The Labute approximate surface area is 144 Å². The van der Waals surface area contributed by atoms with Crippen molar-refractivity contribution >= 4 is 11.8 Å². The highest BCUT2D eigenvalue weighted by molar-refractivity contribution is 6.03. The maximum absolute atomic E-state index is 13.0. The van der Waals surface area contributed by atoms with E-state index in [9.17, 15) is 18.4 Å². The smallest absolute Gasteiger partial charge is 0.233 e. The first-order valence-electron chi connectivity index (χ1n) is 7.92. The van der Waals surface area contributed by atoms with Crippen molar-refractivity contribution in [3.63, 3.8) is 0 Å². The number of hydrogen-bond acceptors (Lipinski definition) is 2. The van der Waals surface area contributed by atoms with Gasteiger partial charge in [0.05, 0.1) is 0 Å². The van der Waals surface area contributed by atoms with E-state index >= 15 is 0 Å². The van der Waals surface area contributed by atoms with Crippen LogP contribution in [-0.4, -0.2) is 11.8 Å². The van der Waals surface area contributed by atoms with Gasteiger partial charge in [-0.2, -0.15) is 0 Å². The lowest BCUT2D eigenvalue weighted by Gasteiger charge is -2.27. The van der Waals surface area contributed by atoms with E-state index in [1.165, 1.54) is 24.3 Å². The fourth-order valence-corrected chi connectivity index (χ4v) is 2.76. The molecule has 0 aliphatic rings. The summed E-state index contributed by atoms with van der Waals surface area (Å²) in [5.74, 6) is -2.30. The summed E-state index contributed by atoms with van der Waals surface area (Å²) >= 11 is 0. The van der Waals surface area contributed by atoms with Crippen LogP contribution in [0.2, 0.25) is 0 Å². The summed E-state index contributed by atoms with van der Waals surface area (Å²) in [7, 11) is 0. The molecule has 6 heteroatoms. The molecule has 0 atom stereocenters. The second-order valence-electron chi connectivity index (χ2n) is 6.06.